The van der Waals surface area contributed by atoms with Crippen LogP contribution in [0.3, 0.4) is 0 Å². The zero-order valence-electron chi connectivity index (χ0n) is 17.5. The Labute approximate surface area is 188 Å². The Bertz CT molecular complexity index is 933. The number of alkyl halides is 3. The number of thiocarbonyl (C=S) groups is 1. The molecule has 0 aliphatic rings. The van der Waals surface area contributed by atoms with E-state index in [-0.39, 0.29) is 13.2 Å². The molecule has 0 aliphatic heterocycles. The van der Waals surface area contributed by atoms with Crippen molar-refractivity contribution in [3.63, 3.8) is 0 Å². The lowest BCUT2D eigenvalue weighted by Crippen LogP contribution is -2.48. The SMILES string of the molecule is CCNC(=S)NNC(=O)COc1ccc(C(C)=NOCc2ccc(C(F)(F)F)cc2)cc1. The summed E-state index contributed by atoms with van der Waals surface area (Å²) >= 11 is 4.92. The summed E-state index contributed by atoms with van der Waals surface area (Å²) in [5, 5.41) is 7.11. The molecule has 0 bridgehead atoms. The van der Waals surface area contributed by atoms with E-state index in [4.69, 9.17) is 21.8 Å². The molecule has 0 aliphatic carbocycles. The van der Waals surface area contributed by atoms with Gasteiger partial charge in [-0.05, 0) is 73.6 Å². The van der Waals surface area contributed by atoms with Gasteiger partial charge in [0.05, 0.1) is 11.3 Å². The maximum absolute atomic E-state index is 12.6. The van der Waals surface area contributed by atoms with Crippen molar-refractivity contribution in [2.24, 2.45) is 5.16 Å². The standard InChI is InChI=1S/C21H23F3N4O3S/c1-3-25-20(32)27-26-19(29)13-30-18-10-6-16(7-11-18)14(2)28-31-12-15-4-8-17(9-5-15)21(22,23)24/h4-11H,3,12-13H2,1-2H3,(H,26,29)(H2,25,27,32). The Morgan fingerprint density at radius 1 is 1.06 bits per heavy atom. The number of hydrazine groups is 1. The normalized spacial score (nSPS) is 11.5. The summed E-state index contributed by atoms with van der Waals surface area (Å²) in [7, 11) is 0. The van der Waals surface area contributed by atoms with Gasteiger partial charge in [0, 0.05) is 6.54 Å². The lowest BCUT2D eigenvalue weighted by Gasteiger charge is -2.11. The zero-order valence-corrected chi connectivity index (χ0v) is 18.3. The monoisotopic (exact) mass is 468 g/mol. The number of oxime groups is 1. The van der Waals surface area contributed by atoms with Crippen LogP contribution in [0.1, 0.15) is 30.5 Å². The van der Waals surface area contributed by atoms with E-state index in [1.54, 1.807) is 31.2 Å². The first-order valence-corrected chi connectivity index (χ1v) is 9.98. The minimum atomic E-state index is -4.37. The molecular weight excluding hydrogens is 445 g/mol. The maximum atomic E-state index is 12.6. The molecule has 1 amide bonds. The number of ether oxygens (including phenoxy) is 1. The van der Waals surface area contributed by atoms with Gasteiger partial charge in [-0.1, -0.05) is 17.3 Å². The van der Waals surface area contributed by atoms with E-state index < -0.39 is 17.6 Å². The first-order valence-electron chi connectivity index (χ1n) is 9.57. The molecule has 3 N–H and O–H groups in total. The number of amides is 1. The van der Waals surface area contributed by atoms with Crippen LogP contribution in [0.2, 0.25) is 0 Å². The Morgan fingerprint density at radius 3 is 2.31 bits per heavy atom. The molecule has 0 heterocycles. The summed E-state index contributed by atoms with van der Waals surface area (Å²) in [6, 6.07) is 11.5. The fourth-order valence-electron chi connectivity index (χ4n) is 2.35. The van der Waals surface area contributed by atoms with E-state index in [2.05, 4.69) is 21.3 Å². The van der Waals surface area contributed by atoms with Gasteiger partial charge < -0.3 is 14.9 Å². The number of nitrogens with one attached hydrogen (secondary N) is 3. The van der Waals surface area contributed by atoms with E-state index in [1.807, 2.05) is 6.92 Å². The van der Waals surface area contributed by atoms with Crippen molar-refractivity contribution < 1.29 is 27.5 Å². The van der Waals surface area contributed by atoms with Gasteiger partial charge in [-0.15, -0.1) is 0 Å². The molecule has 172 valence electrons. The summed E-state index contributed by atoms with van der Waals surface area (Å²) in [5.41, 5.74) is 6.13. The van der Waals surface area contributed by atoms with Crippen molar-refractivity contribution >= 4 is 28.9 Å². The maximum Gasteiger partial charge on any atom is 0.416 e. The van der Waals surface area contributed by atoms with Crippen molar-refractivity contribution in [1.82, 2.24) is 16.2 Å². The highest BCUT2D eigenvalue weighted by Crippen LogP contribution is 2.29. The zero-order chi connectivity index (χ0) is 23.6. The molecule has 11 heteroatoms. The molecule has 7 nitrogen and oxygen atoms in total. The second-order valence-electron chi connectivity index (χ2n) is 6.49. The van der Waals surface area contributed by atoms with Crippen LogP contribution in [0.5, 0.6) is 5.75 Å². The summed E-state index contributed by atoms with van der Waals surface area (Å²) in [5.74, 6) is 0.0837. The third-order valence-electron chi connectivity index (χ3n) is 4.01. The number of benzene rings is 2. The molecule has 2 aromatic carbocycles. The minimum absolute atomic E-state index is 0.0387. The second-order valence-corrected chi connectivity index (χ2v) is 6.90. The number of hydrogen-bond acceptors (Lipinski definition) is 5. The largest absolute Gasteiger partial charge is 0.484 e. The highest BCUT2D eigenvalue weighted by atomic mass is 32.1. The number of halogens is 3. The first-order chi connectivity index (χ1) is 15.2. The Kier molecular flexibility index (Phi) is 9.26. The van der Waals surface area contributed by atoms with Crippen molar-refractivity contribution in [1.29, 1.82) is 0 Å². The molecule has 0 radical (unpaired) electrons. The minimum Gasteiger partial charge on any atom is -0.484 e. The number of rotatable bonds is 8. The van der Waals surface area contributed by atoms with Crippen LogP contribution in [0.4, 0.5) is 13.2 Å². The molecule has 2 aromatic rings. The molecule has 0 saturated heterocycles. The van der Waals surface area contributed by atoms with E-state index >= 15 is 0 Å². The van der Waals surface area contributed by atoms with Crippen molar-refractivity contribution in [2.75, 3.05) is 13.2 Å². The fourth-order valence-corrected chi connectivity index (χ4v) is 2.55. The quantitative estimate of drug-likeness (QED) is 0.312. The molecule has 0 atom stereocenters. The van der Waals surface area contributed by atoms with Crippen LogP contribution in [0.25, 0.3) is 0 Å². The molecule has 32 heavy (non-hydrogen) atoms. The van der Waals surface area contributed by atoms with E-state index in [0.717, 1.165) is 17.7 Å². The molecule has 2 rings (SSSR count). The predicted octanol–water partition coefficient (Wildman–Crippen LogP) is 3.54. The highest BCUT2D eigenvalue weighted by molar-refractivity contribution is 7.80. The van der Waals surface area contributed by atoms with Gasteiger partial charge >= 0.3 is 6.18 Å². The Hall–Kier alpha value is -3.34. The Balaban J connectivity index is 1.79. The molecule has 0 unspecified atom stereocenters. The van der Waals surface area contributed by atoms with Crippen LogP contribution in [0, 0.1) is 0 Å². The van der Waals surface area contributed by atoms with Crippen molar-refractivity contribution in [2.45, 2.75) is 26.6 Å². The topological polar surface area (TPSA) is 84.0 Å². The predicted molar refractivity (Wildman–Crippen MR) is 118 cm³/mol. The summed E-state index contributed by atoms with van der Waals surface area (Å²) in [6.45, 7) is 4.07. The number of nitrogens with zero attached hydrogens (tertiary/aromatic N) is 1. The van der Waals surface area contributed by atoms with Crippen molar-refractivity contribution in [3.05, 3.63) is 65.2 Å². The molecule has 0 fully saturated rings. The van der Waals surface area contributed by atoms with Crippen LogP contribution < -0.4 is 20.9 Å². The third kappa shape index (κ3) is 8.42. The lowest BCUT2D eigenvalue weighted by molar-refractivity contribution is -0.137. The van der Waals surface area contributed by atoms with Crippen LogP contribution in [-0.2, 0) is 22.4 Å². The van der Waals surface area contributed by atoms with Crippen LogP contribution in [-0.4, -0.2) is 29.9 Å². The van der Waals surface area contributed by atoms with Gasteiger partial charge in [-0.25, -0.2) is 0 Å². The van der Waals surface area contributed by atoms with E-state index in [0.29, 0.717) is 28.7 Å². The van der Waals surface area contributed by atoms with Gasteiger partial charge in [0.2, 0.25) is 0 Å². The molecular formula is C21H23F3N4O3S. The van der Waals surface area contributed by atoms with Gasteiger partial charge in [-0.2, -0.15) is 13.2 Å². The number of carbonyl (C=O) groups is 1. The smallest absolute Gasteiger partial charge is 0.416 e. The number of hydrogen-bond donors (Lipinski definition) is 3. The van der Waals surface area contributed by atoms with Crippen molar-refractivity contribution in [3.8, 4) is 5.75 Å². The van der Waals surface area contributed by atoms with Gasteiger partial charge in [0.25, 0.3) is 5.91 Å². The van der Waals surface area contributed by atoms with E-state index in [9.17, 15) is 18.0 Å². The second kappa shape index (κ2) is 11.9. The fraction of sp³-hybridized carbons (Fsp3) is 0.286. The third-order valence-corrected chi connectivity index (χ3v) is 4.26. The first kappa shape index (κ1) is 24.9. The van der Waals surface area contributed by atoms with Gasteiger partial charge in [0.1, 0.15) is 12.4 Å². The molecule has 0 saturated carbocycles. The average Bonchev–Trinajstić information content (AvgIpc) is 2.76. The lowest BCUT2D eigenvalue weighted by atomic mass is 10.1. The van der Waals surface area contributed by atoms with E-state index in [1.165, 1.54) is 12.1 Å². The Morgan fingerprint density at radius 2 is 1.72 bits per heavy atom. The average molecular weight is 469 g/mol. The summed E-state index contributed by atoms with van der Waals surface area (Å²) < 4.78 is 43.1. The van der Waals surface area contributed by atoms with Gasteiger partial charge in [0.15, 0.2) is 11.7 Å². The highest BCUT2D eigenvalue weighted by Gasteiger charge is 2.29. The summed E-state index contributed by atoms with van der Waals surface area (Å²) in [6.07, 6.45) is -4.37. The van der Waals surface area contributed by atoms with Crippen LogP contribution in [0.15, 0.2) is 53.7 Å². The van der Waals surface area contributed by atoms with Gasteiger partial charge in [-0.3, -0.25) is 15.6 Å². The summed E-state index contributed by atoms with van der Waals surface area (Å²) in [4.78, 5) is 17.0. The molecule has 0 aromatic heterocycles. The molecule has 0 spiro atoms. The number of carbonyl (C=O) groups excluding carboxylic acids is 1. The van der Waals surface area contributed by atoms with Crippen LogP contribution >= 0.6 is 12.2 Å².